The Morgan fingerprint density at radius 3 is 2.40 bits per heavy atom. The quantitative estimate of drug-likeness (QED) is 0.299. The SMILES string of the molecule is Cc1ccc(S(=O)(=O)Nc2c(C)n(C)n(-c3ccccc3)c2=O)cc1C(=O)OCn1nnc2ccccc2c1=O. The predicted octanol–water partition coefficient (Wildman–Crippen LogP) is 2.51. The molecule has 2 aromatic heterocycles. The van der Waals surface area contributed by atoms with Crippen LogP contribution >= 0.6 is 0 Å². The summed E-state index contributed by atoms with van der Waals surface area (Å²) in [6.07, 6.45) is 0. The van der Waals surface area contributed by atoms with Crippen LogP contribution in [0.3, 0.4) is 0 Å². The van der Waals surface area contributed by atoms with Gasteiger partial charge in [0, 0.05) is 7.05 Å². The molecule has 0 bridgehead atoms. The molecule has 0 fully saturated rings. The van der Waals surface area contributed by atoms with Gasteiger partial charge in [-0.3, -0.25) is 19.0 Å². The number of anilines is 1. The average Bonchev–Trinajstić information content (AvgIpc) is 3.15. The van der Waals surface area contributed by atoms with E-state index in [-0.39, 0.29) is 16.1 Å². The fourth-order valence-electron chi connectivity index (χ4n) is 4.17. The van der Waals surface area contributed by atoms with Crippen LogP contribution in [0.5, 0.6) is 0 Å². The minimum atomic E-state index is -4.28. The molecule has 0 aliphatic heterocycles. The molecule has 1 N–H and O–H groups in total. The number of carbonyl (C=O) groups excluding carboxylic acids is 1. The molecule has 0 unspecified atom stereocenters. The van der Waals surface area contributed by atoms with Crippen LogP contribution < -0.4 is 15.8 Å². The van der Waals surface area contributed by atoms with Crippen LogP contribution in [0.2, 0.25) is 0 Å². The lowest BCUT2D eigenvalue weighted by Gasteiger charge is -2.11. The number of nitrogens with zero attached hydrogens (tertiary/aromatic N) is 5. The molecule has 0 aliphatic rings. The molecule has 0 saturated heterocycles. The molecule has 5 aromatic rings. The molecule has 204 valence electrons. The van der Waals surface area contributed by atoms with E-state index in [4.69, 9.17) is 4.74 Å². The predicted molar refractivity (Wildman–Crippen MR) is 147 cm³/mol. The summed E-state index contributed by atoms with van der Waals surface area (Å²) in [7, 11) is -2.63. The summed E-state index contributed by atoms with van der Waals surface area (Å²) in [4.78, 5) is 38.5. The summed E-state index contributed by atoms with van der Waals surface area (Å²) in [5.74, 6) is -0.862. The highest BCUT2D eigenvalue weighted by molar-refractivity contribution is 7.92. The highest BCUT2D eigenvalue weighted by Gasteiger charge is 2.24. The second kappa shape index (κ2) is 10.3. The first-order valence-electron chi connectivity index (χ1n) is 12.1. The van der Waals surface area contributed by atoms with Crippen molar-refractivity contribution in [3.05, 3.63) is 110 Å². The van der Waals surface area contributed by atoms with Crippen LogP contribution in [0, 0.1) is 13.8 Å². The van der Waals surface area contributed by atoms with Crippen molar-refractivity contribution in [1.82, 2.24) is 24.4 Å². The van der Waals surface area contributed by atoms with E-state index in [1.54, 1.807) is 80.2 Å². The Kier molecular flexibility index (Phi) is 6.81. The lowest BCUT2D eigenvalue weighted by atomic mass is 10.1. The monoisotopic (exact) mass is 560 g/mol. The van der Waals surface area contributed by atoms with Gasteiger partial charge in [0.05, 0.1) is 27.2 Å². The summed E-state index contributed by atoms with van der Waals surface area (Å²) in [5.41, 5.74) is 0.619. The molecule has 3 aromatic carbocycles. The summed E-state index contributed by atoms with van der Waals surface area (Å²) < 4.78 is 38.1. The van der Waals surface area contributed by atoms with E-state index < -0.39 is 33.8 Å². The number of aromatic nitrogens is 5. The molecule has 13 heteroatoms. The third-order valence-electron chi connectivity index (χ3n) is 6.48. The first kappa shape index (κ1) is 26.6. The van der Waals surface area contributed by atoms with Gasteiger partial charge < -0.3 is 4.74 Å². The number of fused-ring (bicyclic) bond motifs is 1. The summed E-state index contributed by atoms with van der Waals surface area (Å²) >= 11 is 0. The van der Waals surface area contributed by atoms with E-state index in [1.165, 1.54) is 16.8 Å². The largest absolute Gasteiger partial charge is 0.439 e. The fourth-order valence-corrected chi connectivity index (χ4v) is 5.31. The molecule has 5 rings (SSSR count). The Hall–Kier alpha value is -5.04. The van der Waals surface area contributed by atoms with Crippen LogP contribution in [0.4, 0.5) is 5.69 Å². The van der Waals surface area contributed by atoms with Crippen molar-refractivity contribution < 1.29 is 17.9 Å². The zero-order chi connectivity index (χ0) is 28.6. The molecule has 0 saturated carbocycles. The number of para-hydroxylation sites is 1. The van der Waals surface area contributed by atoms with E-state index in [9.17, 15) is 22.8 Å². The van der Waals surface area contributed by atoms with E-state index in [0.717, 1.165) is 10.7 Å². The number of carbonyl (C=O) groups is 1. The topological polar surface area (TPSA) is 147 Å². The van der Waals surface area contributed by atoms with Crippen molar-refractivity contribution >= 4 is 32.6 Å². The van der Waals surface area contributed by atoms with Crippen LogP contribution in [0.15, 0.2) is 87.3 Å². The van der Waals surface area contributed by atoms with Gasteiger partial charge in [0.15, 0.2) is 6.73 Å². The highest BCUT2D eigenvalue weighted by atomic mass is 32.2. The molecule has 0 spiro atoms. The lowest BCUT2D eigenvalue weighted by molar-refractivity contribution is 0.0335. The van der Waals surface area contributed by atoms with Crippen molar-refractivity contribution in [3.63, 3.8) is 0 Å². The number of rotatable bonds is 7. The second-order valence-electron chi connectivity index (χ2n) is 8.99. The zero-order valence-corrected chi connectivity index (χ0v) is 22.5. The van der Waals surface area contributed by atoms with Crippen molar-refractivity contribution in [1.29, 1.82) is 0 Å². The second-order valence-corrected chi connectivity index (χ2v) is 10.7. The molecule has 0 atom stereocenters. The summed E-state index contributed by atoms with van der Waals surface area (Å²) in [6.45, 7) is 2.71. The maximum Gasteiger partial charge on any atom is 0.340 e. The fraction of sp³-hybridized carbons (Fsp3) is 0.148. The van der Waals surface area contributed by atoms with Crippen LogP contribution in [-0.2, 0) is 28.5 Å². The molecule has 0 aliphatic carbocycles. The normalized spacial score (nSPS) is 11.5. The Morgan fingerprint density at radius 2 is 1.65 bits per heavy atom. The van der Waals surface area contributed by atoms with Crippen molar-refractivity contribution in [2.24, 2.45) is 7.05 Å². The number of benzene rings is 3. The molecule has 2 heterocycles. The average molecular weight is 561 g/mol. The smallest absolute Gasteiger partial charge is 0.340 e. The van der Waals surface area contributed by atoms with E-state index in [0.29, 0.717) is 27.8 Å². The van der Waals surface area contributed by atoms with Crippen molar-refractivity contribution in [3.8, 4) is 5.69 Å². The Labute approximate surface area is 228 Å². The lowest BCUT2D eigenvalue weighted by Crippen LogP contribution is -2.26. The molecular weight excluding hydrogens is 536 g/mol. The van der Waals surface area contributed by atoms with Crippen LogP contribution in [0.25, 0.3) is 16.6 Å². The maximum atomic E-state index is 13.3. The molecule has 0 amide bonds. The van der Waals surface area contributed by atoms with Gasteiger partial charge in [0.1, 0.15) is 11.2 Å². The van der Waals surface area contributed by atoms with Gasteiger partial charge in [-0.15, -0.1) is 5.10 Å². The molecule has 0 radical (unpaired) electrons. The number of aryl methyl sites for hydroxylation is 1. The van der Waals surface area contributed by atoms with E-state index in [2.05, 4.69) is 15.0 Å². The number of ether oxygens (including phenoxy) is 1. The minimum absolute atomic E-state index is 0.0313. The first-order valence-corrected chi connectivity index (χ1v) is 13.5. The van der Waals surface area contributed by atoms with Gasteiger partial charge >= 0.3 is 5.97 Å². The van der Waals surface area contributed by atoms with Gasteiger partial charge in [0.25, 0.3) is 21.1 Å². The number of nitrogens with one attached hydrogen (secondary N) is 1. The van der Waals surface area contributed by atoms with Gasteiger partial charge in [-0.05, 0) is 55.8 Å². The number of hydrogen-bond donors (Lipinski definition) is 1. The number of sulfonamides is 1. The zero-order valence-electron chi connectivity index (χ0n) is 21.7. The molecule has 12 nitrogen and oxygen atoms in total. The summed E-state index contributed by atoms with van der Waals surface area (Å²) in [6, 6.07) is 19.4. The third-order valence-corrected chi connectivity index (χ3v) is 7.82. The minimum Gasteiger partial charge on any atom is -0.439 e. The maximum absolute atomic E-state index is 13.3. The molecular formula is C27H24N6O6S. The van der Waals surface area contributed by atoms with Gasteiger partial charge in [-0.1, -0.05) is 41.6 Å². The van der Waals surface area contributed by atoms with E-state index in [1.807, 2.05) is 0 Å². The van der Waals surface area contributed by atoms with Gasteiger partial charge in [-0.25, -0.2) is 17.9 Å². The Balaban J connectivity index is 1.41. The standard InChI is InChI=1S/C27H24N6O6S/c1-17-13-14-20(15-22(17)27(36)39-16-32-25(34)21-11-7-8-12-23(21)28-30-32)40(37,38)29-24-18(2)31(3)33(26(24)35)19-9-5-4-6-10-19/h4-15,29H,16H2,1-3H3. The van der Waals surface area contributed by atoms with Crippen LogP contribution in [0.1, 0.15) is 21.6 Å². The van der Waals surface area contributed by atoms with E-state index >= 15 is 0 Å². The highest BCUT2D eigenvalue weighted by Crippen LogP contribution is 2.21. The van der Waals surface area contributed by atoms with Crippen molar-refractivity contribution in [2.45, 2.75) is 25.5 Å². The number of hydrogen-bond acceptors (Lipinski definition) is 8. The van der Waals surface area contributed by atoms with Crippen molar-refractivity contribution in [2.75, 3.05) is 4.72 Å². The van der Waals surface area contributed by atoms with Crippen LogP contribution in [-0.4, -0.2) is 38.7 Å². The third kappa shape index (κ3) is 4.78. The Bertz CT molecular complexity index is 1990. The summed E-state index contributed by atoms with van der Waals surface area (Å²) in [5, 5.41) is 8.04. The van der Waals surface area contributed by atoms with Gasteiger partial charge in [-0.2, -0.15) is 4.68 Å². The van der Waals surface area contributed by atoms with Gasteiger partial charge in [0.2, 0.25) is 0 Å². The first-order chi connectivity index (χ1) is 19.1. The Morgan fingerprint density at radius 1 is 0.950 bits per heavy atom. The molecule has 40 heavy (non-hydrogen) atoms. The number of esters is 1.